The molecule has 0 fully saturated rings. The van der Waals surface area contributed by atoms with Crippen LogP contribution in [-0.4, -0.2) is 17.5 Å². The molecule has 0 aliphatic heterocycles. The molecule has 24 heavy (non-hydrogen) atoms. The summed E-state index contributed by atoms with van der Waals surface area (Å²) in [5.74, 6) is -0.287. The van der Waals surface area contributed by atoms with E-state index in [4.69, 9.17) is 15.7 Å². The SMILES string of the molecule is CCOc1nc(C(=O)NCc2cccc(C)c2C)cc(N)c1C#N. The smallest absolute Gasteiger partial charge is 0.270 e. The number of carbonyl (C=O) groups is 1. The van der Waals surface area contributed by atoms with Crippen molar-refractivity contribution in [3.8, 4) is 11.9 Å². The molecule has 0 radical (unpaired) electrons. The first-order valence-electron chi connectivity index (χ1n) is 7.64. The molecule has 0 aliphatic rings. The van der Waals surface area contributed by atoms with E-state index in [0.717, 1.165) is 11.1 Å². The first-order chi connectivity index (χ1) is 11.5. The van der Waals surface area contributed by atoms with E-state index in [1.165, 1.54) is 11.6 Å². The van der Waals surface area contributed by atoms with Crippen LogP contribution in [0.2, 0.25) is 0 Å². The molecule has 6 nitrogen and oxygen atoms in total. The Morgan fingerprint density at radius 1 is 1.42 bits per heavy atom. The number of rotatable bonds is 5. The lowest BCUT2D eigenvalue weighted by Gasteiger charge is -2.12. The quantitative estimate of drug-likeness (QED) is 0.880. The number of anilines is 1. The van der Waals surface area contributed by atoms with E-state index in [0.29, 0.717) is 13.2 Å². The predicted molar refractivity (Wildman–Crippen MR) is 91.6 cm³/mol. The normalized spacial score (nSPS) is 10.1. The summed E-state index contributed by atoms with van der Waals surface area (Å²) in [5.41, 5.74) is 9.61. The van der Waals surface area contributed by atoms with Crippen molar-refractivity contribution in [1.29, 1.82) is 5.26 Å². The largest absolute Gasteiger partial charge is 0.477 e. The number of carbonyl (C=O) groups excluding carboxylic acids is 1. The Morgan fingerprint density at radius 3 is 2.83 bits per heavy atom. The Balaban J connectivity index is 2.21. The summed E-state index contributed by atoms with van der Waals surface area (Å²) >= 11 is 0. The zero-order valence-electron chi connectivity index (χ0n) is 14.0. The number of nitriles is 1. The number of nitrogen functional groups attached to an aromatic ring is 1. The van der Waals surface area contributed by atoms with Crippen LogP contribution < -0.4 is 15.8 Å². The third-order valence-corrected chi connectivity index (χ3v) is 3.80. The minimum Gasteiger partial charge on any atom is -0.477 e. The van der Waals surface area contributed by atoms with Gasteiger partial charge in [0.05, 0.1) is 12.3 Å². The highest BCUT2D eigenvalue weighted by atomic mass is 16.5. The van der Waals surface area contributed by atoms with Crippen LogP contribution in [0.3, 0.4) is 0 Å². The lowest BCUT2D eigenvalue weighted by Crippen LogP contribution is -2.25. The molecule has 0 aliphatic carbocycles. The molecule has 1 heterocycles. The van der Waals surface area contributed by atoms with Gasteiger partial charge in [0.15, 0.2) is 0 Å². The molecule has 0 atom stereocenters. The third kappa shape index (κ3) is 3.63. The molecular weight excluding hydrogens is 304 g/mol. The Labute approximate surface area is 141 Å². The molecule has 0 bridgehead atoms. The van der Waals surface area contributed by atoms with E-state index >= 15 is 0 Å². The van der Waals surface area contributed by atoms with Gasteiger partial charge in [0.25, 0.3) is 5.91 Å². The average Bonchev–Trinajstić information content (AvgIpc) is 2.56. The zero-order valence-corrected chi connectivity index (χ0v) is 14.0. The molecule has 2 aromatic rings. The molecule has 2 rings (SSSR count). The van der Waals surface area contributed by atoms with Crippen molar-refractivity contribution in [2.24, 2.45) is 0 Å². The molecule has 0 saturated carbocycles. The maximum Gasteiger partial charge on any atom is 0.270 e. The monoisotopic (exact) mass is 324 g/mol. The molecule has 0 spiro atoms. The van der Waals surface area contributed by atoms with Crippen LogP contribution in [0, 0.1) is 25.2 Å². The number of aromatic nitrogens is 1. The van der Waals surface area contributed by atoms with Crippen molar-refractivity contribution in [1.82, 2.24) is 10.3 Å². The summed E-state index contributed by atoms with van der Waals surface area (Å²) in [4.78, 5) is 16.5. The second-order valence-corrected chi connectivity index (χ2v) is 5.36. The van der Waals surface area contributed by atoms with E-state index in [-0.39, 0.29) is 28.7 Å². The number of ether oxygens (including phenoxy) is 1. The lowest BCUT2D eigenvalue weighted by atomic mass is 10.0. The van der Waals surface area contributed by atoms with Gasteiger partial charge >= 0.3 is 0 Å². The molecule has 0 saturated heterocycles. The maximum absolute atomic E-state index is 12.4. The molecule has 1 amide bonds. The van der Waals surface area contributed by atoms with Crippen LogP contribution in [0.1, 0.15) is 39.7 Å². The average molecular weight is 324 g/mol. The first kappa shape index (κ1) is 17.3. The summed E-state index contributed by atoms with van der Waals surface area (Å²) in [6.07, 6.45) is 0. The van der Waals surface area contributed by atoms with Gasteiger partial charge in [-0.3, -0.25) is 4.79 Å². The topological polar surface area (TPSA) is 101 Å². The Bertz CT molecular complexity index is 809. The third-order valence-electron chi connectivity index (χ3n) is 3.80. The standard InChI is InChI=1S/C18H20N4O2/c1-4-24-18-14(9-19)15(20)8-16(22-18)17(23)21-10-13-7-5-6-11(2)12(13)3/h5-8H,4,10H2,1-3H3,(H2,20,22)(H,21,23). The number of nitrogens with zero attached hydrogens (tertiary/aromatic N) is 2. The van der Waals surface area contributed by atoms with Crippen LogP contribution in [0.15, 0.2) is 24.3 Å². The first-order valence-corrected chi connectivity index (χ1v) is 7.64. The molecule has 0 unspecified atom stereocenters. The minimum atomic E-state index is -0.368. The zero-order chi connectivity index (χ0) is 17.7. The molecule has 1 aromatic carbocycles. The van der Waals surface area contributed by atoms with E-state index in [9.17, 15) is 4.79 Å². The highest BCUT2D eigenvalue weighted by Crippen LogP contribution is 2.22. The summed E-state index contributed by atoms with van der Waals surface area (Å²) in [6.45, 7) is 6.53. The van der Waals surface area contributed by atoms with Crippen molar-refractivity contribution in [2.75, 3.05) is 12.3 Å². The van der Waals surface area contributed by atoms with Crippen molar-refractivity contribution in [3.63, 3.8) is 0 Å². The molecule has 3 N–H and O–H groups in total. The number of pyridine rings is 1. The van der Waals surface area contributed by atoms with Gasteiger partial charge in [0, 0.05) is 6.54 Å². The van der Waals surface area contributed by atoms with Crippen LogP contribution in [0.25, 0.3) is 0 Å². The second-order valence-electron chi connectivity index (χ2n) is 5.36. The van der Waals surface area contributed by atoms with E-state index < -0.39 is 0 Å². The van der Waals surface area contributed by atoms with Gasteiger partial charge in [0.2, 0.25) is 5.88 Å². The van der Waals surface area contributed by atoms with Gasteiger partial charge in [-0.2, -0.15) is 5.26 Å². The number of hydrogen-bond donors (Lipinski definition) is 2. The number of amides is 1. The Hall–Kier alpha value is -3.07. The van der Waals surface area contributed by atoms with Gasteiger partial charge in [-0.15, -0.1) is 0 Å². The Kier molecular flexibility index (Phi) is 5.38. The number of nitrogens with one attached hydrogen (secondary N) is 1. The molecular formula is C18H20N4O2. The Morgan fingerprint density at radius 2 is 2.17 bits per heavy atom. The van der Waals surface area contributed by atoms with Crippen molar-refractivity contribution in [2.45, 2.75) is 27.3 Å². The number of aryl methyl sites for hydroxylation is 1. The maximum atomic E-state index is 12.4. The minimum absolute atomic E-state index is 0.0805. The lowest BCUT2D eigenvalue weighted by molar-refractivity contribution is 0.0944. The van der Waals surface area contributed by atoms with Gasteiger partial charge < -0.3 is 15.8 Å². The number of hydrogen-bond acceptors (Lipinski definition) is 5. The van der Waals surface area contributed by atoms with Gasteiger partial charge in [-0.05, 0) is 43.5 Å². The van der Waals surface area contributed by atoms with E-state index in [2.05, 4.69) is 10.3 Å². The summed E-state index contributed by atoms with van der Waals surface area (Å²) < 4.78 is 5.30. The van der Waals surface area contributed by atoms with Crippen molar-refractivity contribution < 1.29 is 9.53 Å². The number of nitrogens with two attached hydrogens (primary N) is 1. The van der Waals surface area contributed by atoms with Crippen LogP contribution in [-0.2, 0) is 6.54 Å². The highest BCUT2D eigenvalue weighted by molar-refractivity contribution is 5.93. The fraction of sp³-hybridized carbons (Fsp3) is 0.278. The van der Waals surface area contributed by atoms with Gasteiger partial charge in [-0.1, -0.05) is 18.2 Å². The summed E-state index contributed by atoms with van der Waals surface area (Å²) in [6, 6.07) is 9.28. The van der Waals surface area contributed by atoms with E-state index in [1.807, 2.05) is 38.1 Å². The molecule has 1 aromatic heterocycles. The second kappa shape index (κ2) is 7.47. The van der Waals surface area contributed by atoms with Crippen LogP contribution in [0.5, 0.6) is 5.88 Å². The predicted octanol–water partition coefficient (Wildman–Crippen LogP) is 2.48. The highest BCUT2D eigenvalue weighted by Gasteiger charge is 2.16. The van der Waals surface area contributed by atoms with E-state index in [1.54, 1.807) is 6.92 Å². The number of benzene rings is 1. The molecule has 6 heteroatoms. The van der Waals surface area contributed by atoms with Gasteiger partial charge in [-0.25, -0.2) is 4.98 Å². The van der Waals surface area contributed by atoms with Crippen molar-refractivity contribution >= 4 is 11.6 Å². The fourth-order valence-electron chi connectivity index (χ4n) is 2.28. The van der Waals surface area contributed by atoms with Crippen molar-refractivity contribution in [3.05, 3.63) is 52.2 Å². The van der Waals surface area contributed by atoms with Crippen LogP contribution >= 0.6 is 0 Å². The van der Waals surface area contributed by atoms with Crippen LogP contribution in [0.4, 0.5) is 5.69 Å². The summed E-state index contributed by atoms with van der Waals surface area (Å²) in [7, 11) is 0. The molecule has 124 valence electrons. The summed E-state index contributed by atoms with van der Waals surface area (Å²) in [5, 5.41) is 11.9. The fourth-order valence-corrected chi connectivity index (χ4v) is 2.28. The van der Waals surface area contributed by atoms with Gasteiger partial charge in [0.1, 0.15) is 17.3 Å².